The van der Waals surface area contributed by atoms with Gasteiger partial charge >= 0.3 is 0 Å². The van der Waals surface area contributed by atoms with Crippen molar-refractivity contribution in [1.29, 1.82) is 0 Å². The number of halogens is 1. The van der Waals surface area contributed by atoms with Crippen molar-refractivity contribution in [3.8, 4) is 11.5 Å². The van der Waals surface area contributed by atoms with Gasteiger partial charge in [0.1, 0.15) is 11.4 Å². The first-order valence-corrected chi connectivity index (χ1v) is 11.6. The maximum absolute atomic E-state index is 13.9. The summed E-state index contributed by atoms with van der Waals surface area (Å²) in [4.78, 5) is 0. The van der Waals surface area contributed by atoms with E-state index >= 15 is 0 Å². The summed E-state index contributed by atoms with van der Waals surface area (Å²) >= 11 is 7.07. The van der Waals surface area contributed by atoms with Crippen molar-refractivity contribution in [3.05, 3.63) is 23.5 Å². The predicted octanol–water partition coefficient (Wildman–Crippen LogP) is 5.32. The zero-order chi connectivity index (χ0) is 16.4. The lowest BCUT2D eigenvalue weighted by molar-refractivity contribution is 0.135. The quantitative estimate of drug-likeness (QED) is 0.610. The number of ether oxygens (including phenoxy) is 1. The van der Waals surface area contributed by atoms with Gasteiger partial charge in [-0.1, -0.05) is 18.3 Å². The number of benzene rings is 1. The molecule has 3 nitrogen and oxygen atoms in total. The zero-order valence-corrected chi connectivity index (χ0v) is 15.9. The molecule has 0 N–H and O–H groups in total. The number of fused-ring (bicyclic) bond motifs is 1. The fourth-order valence-electron chi connectivity index (χ4n) is 2.28. The molecule has 0 spiro atoms. The molecule has 1 unspecified atom stereocenters. The molecule has 1 aliphatic rings. The molecule has 0 aromatic heterocycles. The summed E-state index contributed by atoms with van der Waals surface area (Å²) in [7, 11) is 0. The second-order valence-electron chi connectivity index (χ2n) is 5.72. The molecule has 0 radical (unpaired) electrons. The first kappa shape index (κ1) is 18.1. The third kappa shape index (κ3) is 4.38. The van der Waals surface area contributed by atoms with Crippen LogP contribution in [0.2, 0.25) is 0 Å². The van der Waals surface area contributed by atoms with Crippen LogP contribution in [0.25, 0.3) is 0 Å². The topological polar surface area (TPSA) is 27.7 Å². The standard InChI is InChI=1S/C15H22FO3PS2/c1-5-7-22-20(21,17-6-2)19-13-9-12(16)8-11-10-15(3,4)18-14(11)13/h8-9H,5-7,10H2,1-4H3. The molecule has 0 saturated heterocycles. The van der Waals surface area contributed by atoms with E-state index in [9.17, 15) is 4.39 Å². The third-order valence-electron chi connectivity index (χ3n) is 3.04. The van der Waals surface area contributed by atoms with E-state index in [0.29, 0.717) is 24.5 Å². The Morgan fingerprint density at radius 1 is 1.41 bits per heavy atom. The summed E-state index contributed by atoms with van der Waals surface area (Å²) in [6.45, 7) is 8.37. The first-order valence-electron chi connectivity index (χ1n) is 7.39. The third-order valence-corrected chi connectivity index (χ3v) is 8.47. The summed E-state index contributed by atoms with van der Waals surface area (Å²) < 4.78 is 31.4. The molecule has 0 amide bonds. The molecule has 0 saturated carbocycles. The van der Waals surface area contributed by atoms with Crippen LogP contribution < -0.4 is 9.26 Å². The average molecular weight is 364 g/mol. The van der Waals surface area contributed by atoms with Crippen molar-refractivity contribution in [3.63, 3.8) is 0 Å². The van der Waals surface area contributed by atoms with Crippen LogP contribution in [-0.2, 0) is 22.8 Å². The lowest BCUT2D eigenvalue weighted by Gasteiger charge is -2.23. The molecule has 0 aliphatic carbocycles. The van der Waals surface area contributed by atoms with Crippen LogP contribution in [0.15, 0.2) is 12.1 Å². The summed E-state index contributed by atoms with van der Waals surface area (Å²) in [6, 6.07) is 2.84. The Balaban J connectivity index is 2.31. The highest BCUT2D eigenvalue weighted by atomic mass is 32.9. The Labute approximate surface area is 140 Å². The van der Waals surface area contributed by atoms with Crippen LogP contribution in [0.1, 0.15) is 39.7 Å². The van der Waals surface area contributed by atoms with Gasteiger partial charge in [0.05, 0.1) is 6.61 Å². The largest absolute Gasteiger partial charge is 0.483 e. The predicted molar refractivity (Wildman–Crippen MR) is 94.1 cm³/mol. The Kier molecular flexibility index (Phi) is 5.81. The lowest BCUT2D eigenvalue weighted by Crippen LogP contribution is -2.24. The van der Waals surface area contributed by atoms with Gasteiger partial charge in [-0.05, 0) is 45.1 Å². The van der Waals surface area contributed by atoms with Crippen molar-refractivity contribution in [2.45, 2.75) is 46.1 Å². The van der Waals surface area contributed by atoms with Gasteiger partial charge < -0.3 is 13.8 Å². The molecular formula is C15H22FO3PS2. The molecule has 0 fully saturated rings. The van der Waals surface area contributed by atoms with Gasteiger partial charge in [0.15, 0.2) is 11.5 Å². The van der Waals surface area contributed by atoms with E-state index in [1.165, 1.54) is 23.5 Å². The smallest absolute Gasteiger partial charge is 0.297 e. The monoisotopic (exact) mass is 364 g/mol. The highest BCUT2D eigenvalue weighted by Crippen LogP contribution is 2.62. The van der Waals surface area contributed by atoms with E-state index in [4.69, 9.17) is 25.6 Å². The summed E-state index contributed by atoms with van der Waals surface area (Å²) in [5.41, 5.74) is -2.09. The number of rotatable bonds is 7. The molecule has 7 heteroatoms. The Bertz CT molecular complexity index is 592. The molecule has 1 aromatic carbocycles. The zero-order valence-electron chi connectivity index (χ0n) is 13.3. The van der Waals surface area contributed by atoms with Crippen LogP contribution >= 0.6 is 17.1 Å². The van der Waals surface area contributed by atoms with Gasteiger partial charge in [-0.3, -0.25) is 0 Å². The summed E-state index contributed by atoms with van der Waals surface area (Å²) in [5.74, 6) is 1.47. The second kappa shape index (κ2) is 7.08. The molecule has 22 heavy (non-hydrogen) atoms. The van der Waals surface area contributed by atoms with Gasteiger partial charge in [0.25, 0.3) is 5.69 Å². The van der Waals surface area contributed by atoms with Gasteiger partial charge in [0, 0.05) is 23.8 Å². The van der Waals surface area contributed by atoms with Crippen LogP contribution in [-0.4, -0.2) is 18.0 Å². The highest BCUT2D eigenvalue weighted by molar-refractivity contribution is 8.68. The first-order chi connectivity index (χ1) is 10.3. The van der Waals surface area contributed by atoms with Crippen molar-refractivity contribution in [2.75, 3.05) is 12.4 Å². The number of hydrogen-bond acceptors (Lipinski definition) is 5. The highest BCUT2D eigenvalue weighted by Gasteiger charge is 2.35. The molecule has 2 rings (SSSR count). The lowest BCUT2D eigenvalue weighted by atomic mass is 10.0. The van der Waals surface area contributed by atoms with E-state index in [2.05, 4.69) is 6.92 Å². The summed E-state index contributed by atoms with van der Waals surface area (Å²) in [5, 5.41) is 0. The molecule has 124 valence electrons. The van der Waals surface area contributed by atoms with Gasteiger partial charge in [-0.25, -0.2) is 4.39 Å². The molecule has 1 atom stereocenters. The maximum atomic E-state index is 13.9. The van der Waals surface area contributed by atoms with Crippen LogP contribution in [0.3, 0.4) is 0 Å². The van der Waals surface area contributed by atoms with Crippen molar-refractivity contribution < 1.29 is 18.2 Å². The summed E-state index contributed by atoms with van der Waals surface area (Å²) in [6.07, 6.45) is 1.63. The molecule has 1 aromatic rings. The van der Waals surface area contributed by atoms with E-state index in [0.717, 1.165) is 17.7 Å². The molecule has 1 heterocycles. The Morgan fingerprint density at radius 2 is 2.14 bits per heavy atom. The fourth-order valence-corrected chi connectivity index (χ4v) is 6.94. The maximum Gasteiger partial charge on any atom is 0.297 e. The van der Waals surface area contributed by atoms with Crippen molar-refractivity contribution in [2.24, 2.45) is 0 Å². The van der Waals surface area contributed by atoms with Gasteiger partial charge in [-0.2, -0.15) is 0 Å². The molecule has 0 bridgehead atoms. The van der Waals surface area contributed by atoms with E-state index < -0.39 is 5.69 Å². The minimum atomic E-state index is -2.55. The van der Waals surface area contributed by atoms with Crippen LogP contribution in [0, 0.1) is 5.82 Å². The minimum Gasteiger partial charge on any atom is -0.483 e. The van der Waals surface area contributed by atoms with Crippen molar-refractivity contribution >= 4 is 28.9 Å². The SMILES string of the molecule is CCCSP(=S)(OCC)Oc1cc(F)cc2c1OC(C)(C)C2. The second-order valence-corrected chi connectivity index (χ2v) is 12.1. The average Bonchev–Trinajstić information content (AvgIpc) is 2.71. The van der Waals surface area contributed by atoms with Gasteiger partial charge in [-0.15, -0.1) is 0 Å². The minimum absolute atomic E-state index is 0.339. The van der Waals surface area contributed by atoms with Crippen LogP contribution in [0.5, 0.6) is 11.5 Å². The fraction of sp³-hybridized carbons (Fsp3) is 0.600. The van der Waals surface area contributed by atoms with E-state index in [-0.39, 0.29) is 11.4 Å². The van der Waals surface area contributed by atoms with Gasteiger partial charge in [0.2, 0.25) is 0 Å². The molecule has 1 aliphatic heterocycles. The number of hydrogen-bond donors (Lipinski definition) is 0. The van der Waals surface area contributed by atoms with E-state index in [1.807, 2.05) is 20.8 Å². The normalized spacial score (nSPS) is 18.4. The van der Waals surface area contributed by atoms with E-state index in [1.54, 1.807) is 0 Å². The van der Waals surface area contributed by atoms with Crippen LogP contribution in [0.4, 0.5) is 4.39 Å². The molecular weight excluding hydrogens is 342 g/mol. The Morgan fingerprint density at radius 3 is 2.77 bits per heavy atom. The van der Waals surface area contributed by atoms with Crippen molar-refractivity contribution in [1.82, 2.24) is 0 Å². The Hall–Kier alpha value is -0.290.